The first-order valence-electron chi connectivity index (χ1n) is 10.7. The zero-order valence-corrected chi connectivity index (χ0v) is 20.5. The van der Waals surface area contributed by atoms with Crippen LogP contribution in [0.3, 0.4) is 0 Å². The number of ether oxygens (including phenoxy) is 2. The average molecular weight is 497 g/mol. The number of hydrogen-bond acceptors (Lipinski definition) is 6. The van der Waals surface area contributed by atoms with Gasteiger partial charge in [-0.05, 0) is 56.5 Å². The molecule has 0 spiro atoms. The van der Waals surface area contributed by atoms with Crippen molar-refractivity contribution < 1.29 is 27.1 Å². The second-order valence-electron chi connectivity index (χ2n) is 7.74. The van der Waals surface area contributed by atoms with Gasteiger partial charge in [0, 0.05) is 24.1 Å². The van der Waals surface area contributed by atoms with E-state index in [0.29, 0.717) is 18.1 Å². The van der Waals surface area contributed by atoms with Crippen molar-refractivity contribution in [3.05, 3.63) is 53.3 Å². The standard InChI is InChI=1S/C23H29FN2O5S2/c1-4-30-20-12-16-11-15(2)31-21(16)13-17(20)14-25-23(27)19(9-10-32-3)26-33(28,29)22-8-6-5-7-18(22)24/h5-8,12-13,15,19,26H,4,9-11,14H2,1-3H3,(H,25,27). The van der Waals surface area contributed by atoms with Crippen molar-refractivity contribution in [1.82, 2.24) is 10.0 Å². The Kier molecular flexibility index (Phi) is 8.61. The van der Waals surface area contributed by atoms with E-state index in [1.807, 2.05) is 32.2 Å². The van der Waals surface area contributed by atoms with Crippen molar-refractivity contribution in [3.63, 3.8) is 0 Å². The number of thioether (sulfide) groups is 1. The Morgan fingerprint density at radius 1 is 1.33 bits per heavy atom. The van der Waals surface area contributed by atoms with Crippen molar-refractivity contribution in [2.45, 2.75) is 50.3 Å². The fourth-order valence-corrected chi connectivity index (χ4v) is 5.39. The van der Waals surface area contributed by atoms with E-state index < -0.39 is 32.7 Å². The summed E-state index contributed by atoms with van der Waals surface area (Å²) in [5, 5.41) is 2.79. The van der Waals surface area contributed by atoms with Crippen LogP contribution >= 0.6 is 11.8 Å². The molecule has 2 atom stereocenters. The molecule has 2 aromatic rings. The van der Waals surface area contributed by atoms with Crippen LogP contribution in [-0.2, 0) is 27.8 Å². The highest BCUT2D eigenvalue weighted by Crippen LogP contribution is 2.35. The fraction of sp³-hybridized carbons (Fsp3) is 0.435. The van der Waals surface area contributed by atoms with Gasteiger partial charge >= 0.3 is 0 Å². The monoisotopic (exact) mass is 496 g/mol. The van der Waals surface area contributed by atoms with Crippen LogP contribution in [0.25, 0.3) is 0 Å². The molecule has 7 nitrogen and oxygen atoms in total. The van der Waals surface area contributed by atoms with Crippen LogP contribution in [-0.4, -0.2) is 45.1 Å². The first-order chi connectivity index (χ1) is 15.7. The highest BCUT2D eigenvalue weighted by molar-refractivity contribution is 7.98. The molecule has 3 rings (SSSR count). The number of nitrogens with one attached hydrogen (secondary N) is 2. The van der Waals surface area contributed by atoms with Crippen LogP contribution < -0.4 is 19.5 Å². The molecule has 33 heavy (non-hydrogen) atoms. The predicted molar refractivity (Wildman–Crippen MR) is 127 cm³/mol. The zero-order chi connectivity index (χ0) is 24.0. The molecule has 2 aromatic carbocycles. The van der Waals surface area contributed by atoms with Crippen LogP contribution in [0, 0.1) is 5.82 Å². The molecule has 1 amide bonds. The quantitative estimate of drug-likeness (QED) is 0.496. The highest BCUT2D eigenvalue weighted by Gasteiger charge is 2.28. The van der Waals surface area contributed by atoms with Crippen LogP contribution in [0.15, 0.2) is 41.3 Å². The topological polar surface area (TPSA) is 93.7 Å². The van der Waals surface area contributed by atoms with Crippen molar-refractivity contribution in [3.8, 4) is 11.5 Å². The molecule has 0 aromatic heterocycles. The molecule has 0 radical (unpaired) electrons. The van der Waals surface area contributed by atoms with Crippen molar-refractivity contribution >= 4 is 27.7 Å². The molecule has 0 fully saturated rings. The summed E-state index contributed by atoms with van der Waals surface area (Å²) in [5.74, 6) is 0.590. The van der Waals surface area contributed by atoms with Crippen molar-refractivity contribution in [2.75, 3.05) is 18.6 Å². The minimum atomic E-state index is -4.22. The van der Waals surface area contributed by atoms with Gasteiger partial charge in [-0.2, -0.15) is 16.5 Å². The lowest BCUT2D eigenvalue weighted by atomic mass is 10.1. The molecule has 180 valence electrons. The third-order valence-corrected chi connectivity index (χ3v) is 7.33. The number of hydrogen-bond donors (Lipinski definition) is 2. The lowest BCUT2D eigenvalue weighted by Gasteiger charge is -2.19. The third-order valence-electron chi connectivity index (χ3n) is 5.18. The average Bonchev–Trinajstić information content (AvgIpc) is 3.13. The number of fused-ring (bicyclic) bond motifs is 1. The summed E-state index contributed by atoms with van der Waals surface area (Å²) in [6, 6.07) is 7.80. The minimum Gasteiger partial charge on any atom is -0.494 e. The lowest BCUT2D eigenvalue weighted by molar-refractivity contribution is -0.122. The SMILES string of the molecule is CCOc1cc2c(cc1CNC(=O)C(CCSC)NS(=O)(=O)c1ccccc1F)OC(C)C2. The summed E-state index contributed by atoms with van der Waals surface area (Å²) in [4.78, 5) is 12.5. The van der Waals surface area contributed by atoms with Gasteiger partial charge in [-0.3, -0.25) is 4.79 Å². The number of amides is 1. The van der Waals surface area contributed by atoms with Gasteiger partial charge in [-0.25, -0.2) is 12.8 Å². The van der Waals surface area contributed by atoms with Crippen LogP contribution in [0.2, 0.25) is 0 Å². The van der Waals surface area contributed by atoms with E-state index in [4.69, 9.17) is 9.47 Å². The minimum absolute atomic E-state index is 0.0723. The Morgan fingerprint density at radius 3 is 2.79 bits per heavy atom. The highest BCUT2D eigenvalue weighted by atomic mass is 32.2. The molecule has 1 aliphatic rings. The Balaban J connectivity index is 1.76. The van der Waals surface area contributed by atoms with Crippen molar-refractivity contribution in [1.29, 1.82) is 0 Å². The van der Waals surface area contributed by atoms with E-state index in [9.17, 15) is 17.6 Å². The van der Waals surface area contributed by atoms with E-state index in [1.54, 1.807) is 0 Å². The fourth-order valence-electron chi connectivity index (χ4n) is 3.61. The van der Waals surface area contributed by atoms with Gasteiger partial charge in [-0.15, -0.1) is 0 Å². The van der Waals surface area contributed by atoms with E-state index in [1.165, 1.54) is 30.0 Å². The first kappa shape index (κ1) is 25.3. The Hall–Kier alpha value is -2.30. The molecule has 10 heteroatoms. The van der Waals surface area contributed by atoms with Gasteiger partial charge in [0.25, 0.3) is 0 Å². The van der Waals surface area contributed by atoms with E-state index >= 15 is 0 Å². The summed E-state index contributed by atoms with van der Waals surface area (Å²) in [5.41, 5.74) is 1.79. The summed E-state index contributed by atoms with van der Waals surface area (Å²) in [6.45, 7) is 4.47. The number of carbonyl (C=O) groups is 1. The molecule has 2 N–H and O–H groups in total. The van der Waals surface area contributed by atoms with E-state index in [-0.39, 0.29) is 19.1 Å². The van der Waals surface area contributed by atoms with E-state index in [0.717, 1.165) is 29.4 Å². The smallest absolute Gasteiger partial charge is 0.244 e. The Bertz CT molecular complexity index is 1090. The molecule has 0 aliphatic carbocycles. The molecule has 0 bridgehead atoms. The van der Waals surface area contributed by atoms with Gasteiger partial charge in [0.05, 0.1) is 6.61 Å². The second kappa shape index (κ2) is 11.2. The van der Waals surface area contributed by atoms with Crippen molar-refractivity contribution in [2.24, 2.45) is 0 Å². The lowest BCUT2D eigenvalue weighted by Crippen LogP contribution is -2.47. The summed E-state index contributed by atoms with van der Waals surface area (Å²) < 4.78 is 53.4. The molecule has 1 aliphatic heterocycles. The number of benzene rings is 2. The number of carbonyl (C=O) groups excluding carboxylic acids is 1. The number of halogens is 1. The van der Waals surface area contributed by atoms with Gasteiger partial charge in [0.15, 0.2) is 0 Å². The van der Waals surface area contributed by atoms with Crippen LogP contribution in [0.4, 0.5) is 4.39 Å². The molecular formula is C23H29FN2O5S2. The molecule has 1 heterocycles. The van der Waals surface area contributed by atoms with Gasteiger partial charge in [0.1, 0.15) is 34.4 Å². The summed E-state index contributed by atoms with van der Waals surface area (Å²) >= 11 is 1.48. The van der Waals surface area contributed by atoms with Crippen LogP contribution in [0.5, 0.6) is 11.5 Å². The maximum atomic E-state index is 14.1. The summed E-state index contributed by atoms with van der Waals surface area (Å²) in [7, 11) is -4.22. The molecule has 2 unspecified atom stereocenters. The largest absolute Gasteiger partial charge is 0.494 e. The zero-order valence-electron chi connectivity index (χ0n) is 18.9. The second-order valence-corrected chi connectivity index (χ2v) is 10.4. The molecule has 0 saturated heterocycles. The van der Waals surface area contributed by atoms with Gasteiger partial charge in [-0.1, -0.05) is 12.1 Å². The maximum absolute atomic E-state index is 14.1. The van der Waals surface area contributed by atoms with E-state index in [2.05, 4.69) is 10.0 Å². The van der Waals surface area contributed by atoms with Gasteiger partial charge < -0.3 is 14.8 Å². The maximum Gasteiger partial charge on any atom is 0.244 e. The Morgan fingerprint density at radius 2 is 2.09 bits per heavy atom. The summed E-state index contributed by atoms with van der Waals surface area (Å²) in [6.07, 6.45) is 2.98. The molecule has 0 saturated carbocycles. The first-order valence-corrected chi connectivity index (χ1v) is 13.6. The van der Waals surface area contributed by atoms with Crippen LogP contribution in [0.1, 0.15) is 31.4 Å². The van der Waals surface area contributed by atoms with Gasteiger partial charge in [0.2, 0.25) is 15.9 Å². The normalized spacial score (nSPS) is 16.1. The third kappa shape index (κ3) is 6.39. The predicted octanol–water partition coefficient (Wildman–Crippen LogP) is 3.26. The molecular weight excluding hydrogens is 467 g/mol. The number of rotatable bonds is 11. The number of sulfonamides is 1. The Labute approximate surface area is 198 Å².